The topological polar surface area (TPSA) is 74.2 Å². The number of hydrogen-bond donors (Lipinski definition) is 2. The van der Waals surface area contributed by atoms with E-state index in [-0.39, 0.29) is 10.8 Å². The summed E-state index contributed by atoms with van der Waals surface area (Å²) in [6, 6.07) is 4.75. The Morgan fingerprint density at radius 1 is 1.24 bits per heavy atom. The number of nitrogens with one attached hydrogen (secondary N) is 2. The lowest BCUT2D eigenvalue weighted by atomic mass is 10.1. The summed E-state index contributed by atoms with van der Waals surface area (Å²) in [6.45, 7) is 9.73. The molecule has 0 unspecified atom stereocenters. The summed E-state index contributed by atoms with van der Waals surface area (Å²) in [7, 11) is -1.45. The van der Waals surface area contributed by atoms with Crippen LogP contribution in [-0.2, 0) is 10.0 Å². The molecule has 1 aromatic rings. The van der Waals surface area contributed by atoms with Gasteiger partial charge in [0.25, 0.3) is 5.91 Å². The predicted octanol–water partition coefficient (Wildman–Crippen LogP) is -0.499. The molecule has 1 aliphatic rings. The van der Waals surface area contributed by atoms with Crippen LogP contribution in [0.5, 0.6) is 0 Å². The normalized spacial score (nSPS) is 17.0. The van der Waals surface area contributed by atoms with Crippen LogP contribution in [0.3, 0.4) is 0 Å². The average molecular weight is 370 g/mol. The SMILES string of the molecule is CCN(CC)S(=O)(=O)c1ccc(C)c(C(=O)NN2CC[NH+](C)CC2)c1. The lowest BCUT2D eigenvalue weighted by Crippen LogP contribution is -3.12. The molecule has 8 heteroatoms. The molecule has 1 heterocycles. The third kappa shape index (κ3) is 4.58. The van der Waals surface area contributed by atoms with Gasteiger partial charge in [-0.05, 0) is 24.6 Å². The Balaban J connectivity index is 2.22. The molecule has 0 saturated carbocycles. The lowest BCUT2D eigenvalue weighted by molar-refractivity contribution is -0.884. The molecule has 2 N–H and O–H groups in total. The molecule has 0 atom stereocenters. The van der Waals surface area contributed by atoms with Gasteiger partial charge in [0.1, 0.15) is 0 Å². The number of rotatable bonds is 6. The molecule has 0 bridgehead atoms. The molecule has 0 aliphatic carbocycles. The van der Waals surface area contributed by atoms with Gasteiger partial charge in [-0.2, -0.15) is 4.31 Å². The molecule has 1 amide bonds. The number of hydrogen-bond acceptors (Lipinski definition) is 4. The quantitative estimate of drug-likeness (QED) is 0.709. The Bertz CT molecular complexity index is 709. The van der Waals surface area contributed by atoms with Crippen LogP contribution in [-0.4, -0.2) is 70.0 Å². The molecule has 1 fully saturated rings. The highest BCUT2D eigenvalue weighted by Crippen LogP contribution is 2.19. The number of piperazine rings is 1. The van der Waals surface area contributed by atoms with E-state index >= 15 is 0 Å². The van der Waals surface area contributed by atoms with Crippen molar-refractivity contribution in [1.82, 2.24) is 14.7 Å². The zero-order valence-corrected chi connectivity index (χ0v) is 16.3. The van der Waals surface area contributed by atoms with E-state index in [1.807, 2.05) is 11.9 Å². The first-order valence-electron chi connectivity index (χ1n) is 8.77. The van der Waals surface area contributed by atoms with Gasteiger partial charge in [0.05, 0.1) is 38.1 Å². The highest BCUT2D eigenvalue weighted by molar-refractivity contribution is 7.89. The summed E-state index contributed by atoms with van der Waals surface area (Å²) in [5.74, 6) is -0.256. The molecule has 0 radical (unpaired) electrons. The van der Waals surface area contributed by atoms with E-state index < -0.39 is 10.0 Å². The third-order valence-electron chi connectivity index (χ3n) is 4.67. The number of likely N-dealkylation sites (N-methyl/N-ethyl adjacent to an activating group) is 1. The molecule has 2 rings (SSSR count). The summed E-state index contributed by atoms with van der Waals surface area (Å²) in [5, 5.41) is 1.90. The summed E-state index contributed by atoms with van der Waals surface area (Å²) in [5.41, 5.74) is 4.07. The number of carbonyl (C=O) groups is 1. The van der Waals surface area contributed by atoms with Crippen LogP contribution in [0.25, 0.3) is 0 Å². The molecular formula is C17H29N4O3S+. The monoisotopic (exact) mass is 369 g/mol. The van der Waals surface area contributed by atoms with Gasteiger partial charge in [0.15, 0.2) is 0 Å². The van der Waals surface area contributed by atoms with Crippen molar-refractivity contribution in [2.45, 2.75) is 25.7 Å². The highest BCUT2D eigenvalue weighted by atomic mass is 32.2. The van der Waals surface area contributed by atoms with Crippen LogP contribution in [0.2, 0.25) is 0 Å². The van der Waals surface area contributed by atoms with Gasteiger partial charge >= 0.3 is 0 Å². The molecule has 1 aliphatic heterocycles. The Hall–Kier alpha value is -1.48. The molecular weight excluding hydrogens is 340 g/mol. The van der Waals surface area contributed by atoms with Gasteiger partial charge in [0, 0.05) is 18.7 Å². The second kappa shape index (κ2) is 8.27. The van der Waals surface area contributed by atoms with Crippen molar-refractivity contribution in [1.29, 1.82) is 0 Å². The number of carbonyl (C=O) groups excluding carboxylic acids is 1. The lowest BCUT2D eigenvalue weighted by Gasteiger charge is -2.30. The fourth-order valence-corrected chi connectivity index (χ4v) is 4.41. The Labute approximate surface area is 150 Å². The van der Waals surface area contributed by atoms with Crippen LogP contribution in [0.4, 0.5) is 0 Å². The number of sulfonamides is 1. The number of nitrogens with zero attached hydrogens (tertiary/aromatic N) is 2. The van der Waals surface area contributed by atoms with Gasteiger partial charge in [-0.1, -0.05) is 19.9 Å². The van der Waals surface area contributed by atoms with Crippen molar-refractivity contribution in [2.75, 3.05) is 46.3 Å². The molecule has 1 aromatic carbocycles. The summed E-state index contributed by atoms with van der Waals surface area (Å²) < 4.78 is 26.8. The number of amides is 1. The second-order valence-electron chi connectivity index (χ2n) is 6.45. The first-order chi connectivity index (χ1) is 11.8. The van der Waals surface area contributed by atoms with Gasteiger partial charge in [0.2, 0.25) is 10.0 Å². The van der Waals surface area contributed by atoms with Crippen LogP contribution in [0.15, 0.2) is 23.1 Å². The number of quaternary nitrogens is 1. The summed E-state index contributed by atoms with van der Waals surface area (Å²) in [6.07, 6.45) is 0. The minimum absolute atomic E-state index is 0.162. The van der Waals surface area contributed by atoms with E-state index in [1.165, 1.54) is 15.3 Å². The van der Waals surface area contributed by atoms with Crippen LogP contribution < -0.4 is 10.3 Å². The maximum Gasteiger partial charge on any atom is 0.265 e. The van der Waals surface area contributed by atoms with E-state index in [9.17, 15) is 13.2 Å². The number of hydrazine groups is 1. The van der Waals surface area contributed by atoms with E-state index in [2.05, 4.69) is 12.5 Å². The smallest absolute Gasteiger partial charge is 0.265 e. The first kappa shape index (κ1) is 19.8. The maximum atomic E-state index is 12.7. The van der Waals surface area contributed by atoms with E-state index in [4.69, 9.17) is 0 Å². The minimum Gasteiger partial charge on any atom is -0.335 e. The molecule has 140 valence electrons. The zero-order chi connectivity index (χ0) is 18.6. The van der Waals surface area contributed by atoms with Crippen molar-refractivity contribution < 1.29 is 18.1 Å². The maximum absolute atomic E-state index is 12.7. The standard InChI is InChI=1S/C17H28N4O3S/c1-5-21(6-2)25(23,24)15-8-7-14(3)16(13-15)17(22)18-20-11-9-19(4)10-12-20/h7-8,13H,5-6,9-12H2,1-4H3,(H,18,22)/p+1. The van der Waals surface area contributed by atoms with Gasteiger partial charge < -0.3 is 4.90 Å². The summed E-state index contributed by atoms with van der Waals surface area (Å²) in [4.78, 5) is 14.2. The first-order valence-corrected chi connectivity index (χ1v) is 10.2. The van der Waals surface area contributed by atoms with E-state index in [1.54, 1.807) is 26.0 Å². The van der Waals surface area contributed by atoms with Crippen LogP contribution >= 0.6 is 0 Å². The summed E-state index contributed by atoms with van der Waals surface area (Å²) >= 11 is 0. The van der Waals surface area contributed by atoms with Crippen molar-refractivity contribution in [3.8, 4) is 0 Å². The largest absolute Gasteiger partial charge is 0.335 e. The van der Waals surface area contributed by atoms with Crippen molar-refractivity contribution in [3.05, 3.63) is 29.3 Å². The molecule has 25 heavy (non-hydrogen) atoms. The van der Waals surface area contributed by atoms with E-state index in [0.29, 0.717) is 18.7 Å². The van der Waals surface area contributed by atoms with Crippen molar-refractivity contribution in [2.24, 2.45) is 0 Å². The molecule has 7 nitrogen and oxygen atoms in total. The fraction of sp³-hybridized carbons (Fsp3) is 0.588. The van der Waals surface area contributed by atoms with Gasteiger partial charge in [-0.25, -0.2) is 13.4 Å². The minimum atomic E-state index is -3.58. The molecule has 0 spiro atoms. The Kier molecular flexibility index (Phi) is 6.56. The molecule has 0 aromatic heterocycles. The van der Waals surface area contributed by atoms with E-state index in [0.717, 1.165) is 31.7 Å². The third-order valence-corrected chi connectivity index (χ3v) is 6.72. The highest BCUT2D eigenvalue weighted by Gasteiger charge is 2.24. The zero-order valence-electron chi connectivity index (χ0n) is 15.5. The van der Waals surface area contributed by atoms with Crippen LogP contribution in [0.1, 0.15) is 29.8 Å². The van der Waals surface area contributed by atoms with Crippen molar-refractivity contribution >= 4 is 15.9 Å². The average Bonchev–Trinajstić information content (AvgIpc) is 2.58. The Morgan fingerprint density at radius 3 is 2.40 bits per heavy atom. The number of aryl methyl sites for hydroxylation is 1. The molecule has 1 saturated heterocycles. The van der Waals surface area contributed by atoms with Crippen LogP contribution in [0, 0.1) is 6.92 Å². The predicted molar refractivity (Wildman–Crippen MR) is 96.9 cm³/mol. The second-order valence-corrected chi connectivity index (χ2v) is 8.39. The van der Waals surface area contributed by atoms with Crippen molar-refractivity contribution in [3.63, 3.8) is 0 Å². The van der Waals surface area contributed by atoms with Gasteiger partial charge in [-0.15, -0.1) is 0 Å². The number of benzene rings is 1. The fourth-order valence-electron chi connectivity index (χ4n) is 2.92. The Morgan fingerprint density at radius 2 is 1.84 bits per heavy atom. The van der Waals surface area contributed by atoms with Gasteiger partial charge in [-0.3, -0.25) is 10.2 Å².